The quantitative estimate of drug-likeness (QED) is 0.161. The van der Waals surface area contributed by atoms with E-state index in [4.69, 9.17) is 0 Å². The second-order valence-electron chi connectivity index (χ2n) is 12.6. The fourth-order valence-electron chi connectivity index (χ4n) is 6.19. The largest absolute Gasteiger partial charge is 0.0587 e. The van der Waals surface area contributed by atoms with Gasteiger partial charge in [-0.05, 0) is 108 Å². The molecule has 0 heterocycles. The van der Waals surface area contributed by atoms with Crippen LogP contribution in [0.2, 0.25) is 0 Å². The zero-order chi connectivity index (χ0) is 32.2. The van der Waals surface area contributed by atoms with Crippen molar-refractivity contribution in [1.29, 1.82) is 0 Å². The first kappa shape index (κ1) is 30.8. The van der Waals surface area contributed by atoms with Gasteiger partial charge >= 0.3 is 0 Å². The Bertz CT molecular complexity index is 1750. The zero-order valence-electron chi connectivity index (χ0n) is 27.9. The van der Waals surface area contributed by atoms with E-state index in [1.165, 1.54) is 89.1 Å². The monoisotopic (exact) mass is 594 g/mol. The van der Waals surface area contributed by atoms with Crippen LogP contribution in [0.4, 0.5) is 0 Å². The summed E-state index contributed by atoms with van der Waals surface area (Å²) in [6.07, 6.45) is 0. The molecule has 0 nitrogen and oxygen atoms in total. The van der Waals surface area contributed by atoms with Gasteiger partial charge in [-0.1, -0.05) is 168 Å². The smallest absolute Gasteiger partial charge is 0.00762 e. The summed E-state index contributed by atoms with van der Waals surface area (Å²) in [6.45, 7) is 13.0. The van der Waals surface area contributed by atoms with Gasteiger partial charge in [0, 0.05) is 0 Å². The molecule has 6 aromatic rings. The Hall–Kier alpha value is -5.20. The fraction of sp³-hybridized carbons (Fsp3) is 0.130. The van der Waals surface area contributed by atoms with Gasteiger partial charge in [-0.15, -0.1) is 0 Å². The normalized spacial score (nSPS) is 10.8. The molecule has 6 rings (SSSR count). The zero-order valence-corrected chi connectivity index (χ0v) is 27.9. The molecule has 0 fully saturated rings. The molecule has 0 spiro atoms. The standard InChI is InChI=1S/C46H42/c1-31-7-15-41(16-8-31)45(42-17-9-32(2)10-18-42)35(5)37-23-27-39(28-24-37)40-29-25-38(26-30-40)36(6)46(43-19-11-33(3)12-20-43)44-21-13-34(4)14-22-44/h7-30H,1-6H3. The van der Waals surface area contributed by atoms with Crippen LogP contribution in [0.25, 0.3) is 33.4 Å². The molecule has 0 unspecified atom stereocenters. The van der Waals surface area contributed by atoms with E-state index in [1.54, 1.807) is 0 Å². The maximum Gasteiger partial charge on any atom is -0.00762 e. The molecule has 46 heavy (non-hydrogen) atoms. The molecule has 0 amide bonds. The number of benzene rings is 6. The highest BCUT2D eigenvalue weighted by atomic mass is 14.2. The van der Waals surface area contributed by atoms with E-state index in [0.29, 0.717) is 0 Å². The van der Waals surface area contributed by atoms with Crippen molar-refractivity contribution in [3.63, 3.8) is 0 Å². The van der Waals surface area contributed by atoms with Gasteiger partial charge in [-0.3, -0.25) is 0 Å². The number of aryl methyl sites for hydroxylation is 4. The molecule has 0 aliphatic rings. The maximum atomic E-state index is 2.26. The summed E-state index contributed by atoms with van der Waals surface area (Å²) < 4.78 is 0. The summed E-state index contributed by atoms with van der Waals surface area (Å²) in [7, 11) is 0. The van der Waals surface area contributed by atoms with Gasteiger partial charge in [0.1, 0.15) is 0 Å². The minimum absolute atomic E-state index is 1.22. The summed E-state index contributed by atoms with van der Waals surface area (Å²) in [5.41, 5.74) is 20.0. The van der Waals surface area contributed by atoms with E-state index in [2.05, 4.69) is 187 Å². The average Bonchev–Trinajstić information content (AvgIpc) is 3.08. The first-order chi connectivity index (χ1) is 22.3. The highest BCUT2D eigenvalue weighted by Crippen LogP contribution is 2.35. The number of rotatable bonds is 7. The number of hydrogen-bond donors (Lipinski definition) is 0. The molecule has 0 saturated heterocycles. The topological polar surface area (TPSA) is 0 Å². The fourth-order valence-corrected chi connectivity index (χ4v) is 6.19. The van der Waals surface area contributed by atoms with Crippen LogP contribution in [0.3, 0.4) is 0 Å². The SMILES string of the molecule is CC(=C(c1ccc(C)cc1)c1ccc(C)cc1)c1ccc(-c2ccc(C(C)=C(c3ccc(C)cc3)c3ccc(C)cc3)cc2)cc1. The van der Waals surface area contributed by atoms with Crippen LogP contribution in [0.5, 0.6) is 0 Å². The van der Waals surface area contributed by atoms with Gasteiger partial charge in [-0.2, -0.15) is 0 Å². The number of allylic oxidation sites excluding steroid dienone is 2. The summed E-state index contributed by atoms with van der Waals surface area (Å²) in [4.78, 5) is 0. The molecule has 0 aromatic heterocycles. The van der Waals surface area contributed by atoms with E-state index < -0.39 is 0 Å². The van der Waals surface area contributed by atoms with Crippen LogP contribution >= 0.6 is 0 Å². The van der Waals surface area contributed by atoms with Gasteiger partial charge in [0.2, 0.25) is 0 Å². The van der Waals surface area contributed by atoms with Crippen LogP contribution in [0.15, 0.2) is 146 Å². The Labute approximate surface area is 275 Å². The van der Waals surface area contributed by atoms with E-state index in [-0.39, 0.29) is 0 Å². The molecule has 0 heteroatoms. The summed E-state index contributed by atoms with van der Waals surface area (Å²) >= 11 is 0. The van der Waals surface area contributed by atoms with Crippen molar-refractivity contribution in [3.05, 3.63) is 201 Å². The van der Waals surface area contributed by atoms with E-state index in [9.17, 15) is 0 Å². The predicted octanol–water partition coefficient (Wildman–Crippen LogP) is 12.5. The third kappa shape index (κ3) is 6.72. The molecule has 0 atom stereocenters. The van der Waals surface area contributed by atoms with Gasteiger partial charge < -0.3 is 0 Å². The van der Waals surface area contributed by atoms with Crippen molar-refractivity contribution in [2.45, 2.75) is 41.5 Å². The van der Waals surface area contributed by atoms with Crippen molar-refractivity contribution in [3.8, 4) is 11.1 Å². The van der Waals surface area contributed by atoms with Crippen LogP contribution < -0.4 is 0 Å². The summed E-state index contributed by atoms with van der Waals surface area (Å²) in [5.74, 6) is 0. The van der Waals surface area contributed by atoms with Crippen molar-refractivity contribution in [1.82, 2.24) is 0 Å². The molecule has 226 valence electrons. The van der Waals surface area contributed by atoms with Crippen LogP contribution in [-0.4, -0.2) is 0 Å². The van der Waals surface area contributed by atoms with E-state index in [0.717, 1.165) is 0 Å². The molecule has 0 bridgehead atoms. The second kappa shape index (κ2) is 13.4. The summed E-state index contributed by atoms with van der Waals surface area (Å²) in [6, 6.07) is 53.6. The van der Waals surface area contributed by atoms with Gasteiger partial charge in [0.25, 0.3) is 0 Å². The van der Waals surface area contributed by atoms with Crippen molar-refractivity contribution >= 4 is 22.3 Å². The molecule has 0 aliphatic heterocycles. The molecule has 0 radical (unpaired) electrons. The maximum absolute atomic E-state index is 2.26. The van der Waals surface area contributed by atoms with Crippen molar-refractivity contribution in [2.24, 2.45) is 0 Å². The average molecular weight is 595 g/mol. The first-order valence-corrected chi connectivity index (χ1v) is 16.2. The lowest BCUT2D eigenvalue weighted by Crippen LogP contribution is -1.94. The lowest BCUT2D eigenvalue weighted by atomic mass is 9.88. The Morgan fingerprint density at radius 2 is 0.457 bits per heavy atom. The Kier molecular flexibility index (Phi) is 8.99. The predicted molar refractivity (Wildman–Crippen MR) is 200 cm³/mol. The first-order valence-electron chi connectivity index (χ1n) is 16.2. The Balaban J connectivity index is 1.34. The highest BCUT2D eigenvalue weighted by molar-refractivity contribution is 5.99. The van der Waals surface area contributed by atoms with Gasteiger partial charge in [-0.25, -0.2) is 0 Å². The molecule has 0 aliphatic carbocycles. The van der Waals surface area contributed by atoms with Crippen LogP contribution in [0, 0.1) is 27.7 Å². The Morgan fingerprint density at radius 3 is 0.674 bits per heavy atom. The Morgan fingerprint density at radius 1 is 0.261 bits per heavy atom. The van der Waals surface area contributed by atoms with Crippen LogP contribution in [0.1, 0.15) is 69.5 Å². The molecular formula is C46H42. The lowest BCUT2D eigenvalue weighted by Gasteiger charge is -2.16. The van der Waals surface area contributed by atoms with Gasteiger partial charge in [0.15, 0.2) is 0 Å². The van der Waals surface area contributed by atoms with Crippen molar-refractivity contribution < 1.29 is 0 Å². The molecule has 0 N–H and O–H groups in total. The van der Waals surface area contributed by atoms with E-state index >= 15 is 0 Å². The molecule has 0 saturated carbocycles. The summed E-state index contributed by atoms with van der Waals surface area (Å²) in [5, 5.41) is 0. The third-order valence-electron chi connectivity index (χ3n) is 9.08. The third-order valence-corrected chi connectivity index (χ3v) is 9.08. The minimum Gasteiger partial charge on any atom is -0.0587 e. The lowest BCUT2D eigenvalue weighted by molar-refractivity contribution is 1.42. The molecular weight excluding hydrogens is 553 g/mol. The van der Waals surface area contributed by atoms with Gasteiger partial charge in [0.05, 0.1) is 0 Å². The highest BCUT2D eigenvalue weighted by Gasteiger charge is 2.13. The van der Waals surface area contributed by atoms with Crippen LogP contribution in [-0.2, 0) is 0 Å². The number of hydrogen-bond acceptors (Lipinski definition) is 0. The van der Waals surface area contributed by atoms with E-state index in [1.807, 2.05) is 0 Å². The van der Waals surface area contributed by atoms with Crippen molar-refractivity contribution in [2.75, 3.05) is 0 Å². The second-order valence-corrected chi connectivity index (χ2v) is 12.6. The molecule has 6 aromatic carbocycles. The minimum atomic E-state index is 1.22.